The lowest BCUT2D eigenvalue weighted by Gasteiger charge is -2.21. The zero-order chi connectivity index (χ0) is 19.7. The molecule has 0 fully saturated rings. The lowest BCUT2D eigenvalue weighted by atomic mass is 10.1. The van der Waals surface area contributed by atoms with Gasteiger partial charge in [0.05, 0.1) is 20.0 Å². The minimum atomic E-state index is -0.477. The summed E-state index contributed by atoms with van der Waals surface area (Å²) in [6.07, 6.45) is 0. The van der Waals surface area contributed by atoms with E-state index in [2.05, 4.69) is 11.1 Å². The van der Waals surface area contributed by atoms with Crippen LogP contribution >= 0.6 is 22.7 Å². The third-order valence-corrected chi connectivity index (χ3v) is 6.29. The standard InChI is InChI=1S/C18H20N4O3S2/c1-11-9-13-15(10-12(11)2)27-18(19-13)21(8-7-20(3)4)17(23)14-5-6-16(26-14)22(24)25/h5-6,9-10H,7-8H2,1-4H3. The predicted octanol–water partition coefficient (Wildman–Crippen LogP) is 4.09. The van der Waals surface area contributed by atoms with Crippen molar-refractivity contribution in [2.24, 2.45) is 0 Å². The number of thiophene rings is 1. The molecule has 0 atom stereocenters. The van der Waals surface area contributed by atoms with Crippen LogP contribution in [-0.2, 0) is 0 Å². The van der Waals surface area contributed by atoms with Crippen molar-refractivity contribution in [1.29, 1.82) is 0 Å². The Labute approximate surface area is 165 Å². The summed E-state index contributed by atoms with van der Waals surface area (Å²) in [7, 11) is 3.87. The van der Waals surface area contributed by atoms with Gasteiger partial charge in [0, 0.05) is 19.2 Å². The Bertz CT molecular complexity index is 970. The second-order valence-corrected chi connectivity index (χ2v) is 8.63. The molecule has 3 rings (SSSR count). The van der Waals surface area contributed by atoms with Gasteiger partial charge in [-0.1, -0.05) is 22.7 Å². The van der Waals surface area contributed by atoms with Crippen LogP contribution in [0.15, 0.2) is 24.3 Å². The van der Waals surface area contributed by atoms with E-state index in [0.29, 0.717) is 23.1 Å². The van der Waals surface area contributed by atoms with E-state index in [1.165, 1.54) is 29.0 Å². The third kappa shape index (κ3) is 4.15. The first-order chi connectivity index (χ1) is 12.8. The van der Waals surface area contributed by atoms with Gasteiger partial charge in [-0.2, -0.15) is 0 Å². The van der Waals surface area contributed by atoms with E-state index in [4.69, 9.17) is 0 Å². The molecule has 0 spiro atoms. The van der Waals surface area contributed by atoms with Crippen LogP contribution in [-0.4, -0.2) is 47.9 Å². The van der Waals surface area contributed by atoms with Crippen LogP contribution in [0.25, 0.3) is 10.2 Å². The average Bonchev–Trinajstić information content (AvgIpc) is 3.22. The van der Waals surface area contributed by atoms with E-state index >= 15 is 0 Å². The van der Waals surface area contributed by atoms with Crippen molar-refractivity contribution >= 4 is 48.9 Å². The van der Waals surface area contributed by atoms with Crippen molar-refractivity contribution in [3.05, 3.63) is 50.4 Å². The Morgan fingerprint density at radius 2 is 1.85 bits per heavy atom. The highest BCUT2D eigenvalue weighted by atomic mass is 32.1. The molecule has 2 heterocycles. The van der Waals surface area contributed by atoms with E-state index < -0.39 is 4.92 Å². The number of hydrogen-bond donors (Lipinski definition) is 0. The molecule has 3 aromatic rings. The van der Waals surface area contributed by atoms with Gasteiger partial charge in [-0.05, 0) is 57.3 Å². The number of amides is 1. The topological polar surface area (TPSA) is 79.6 Å². The van der Waals surface area contributed by atoms with Gasteiger partial charge < -0.3 is 4.90 Å². The van der Waals surface area contributed by atoms with Crippen LogP contribution in [0.2, 0.25) is 0 Å². The van der Waals surface area contributed by atoms with Crippen LogP contribution in [0.5, 0.6) is 0 Å². The molecule has 0 N–H and O–H groups in total. The Hall–Kier alpha value is -2.36. The van der Waals surface area contributed by atoms with Crippen molar-refractivity contribution in [2.45, 2.75) is 13.8 Å². The largest absolute Gasteiger partial charge is 0.324 e. The van der Waals surface area contributed by atoms with Crippen LogP contribution in [0.1, 0.15) is 20.8 Å². The first-order valence-corrected chi connectivity index (χ1v) is 9.98. The molecule has 0 bridgehead atoms. The number of benzene rings is 1. The molecule has 0 aliphatic rings. The maximum absolute atomic E-state index is 13.1. The van der Waals surface area contributed by atoms with Gasteiger partial charge in [-0.25, -0.2) is 4.98 Å². The third-order valence-electron chi connectivity index (χ3n) is 4.22. The van der Waals surface area contributed by atoms with E-state index in [0.717, 1.165) is 27.1 Å². The minimum absolute atomic E-state index is 0.0403. The number of anilines is 1. The Balaban J connectivity index is 1.99. The number of nitrogens with zero attached hydrogens (tertiary/aromatic N) is 4. The van der Waals surface area contributed by atoms with Crippen molar-refractivity contribution in [3.8, 4) is 0 Å². The quantitative estimate of drug-likeness (QED) is 0.457. The highest BCUT2D eigenvalue weighted by Crippen LogP contribution is 2.33. The van der Waals surface area contributed by atoms with E-state index in [1.54, 1.807) is 4.90 Å². The molecule has 2 aromatic heterocycles. The molecule has 0 aliphatic heterocycles. The van der Waals surface area contributed by atoms with Crippen LogP contribution in [0.4, 0.5) is 10.1 Å². The molecular weight excluding hydrogens is 384 g/mol. The zero-order valence-corrected chi connectivity index (χ0v) is 17.2. The number of hydrogen-bond acceptors (Lipinski definition) is 7. The molecule has 9 heteroatoms. The number of aromatic nitrogens is 1. The number of nitro groups is 1. The van der Waals surface area contributed by atoms with Gasteiger partial charge in [0.15, 0.2) is 5.13 Å². The maximum Gasteiger partial charge on any atom is 0.324 e. The second-order valence-electron chi connectivity index (χ2n) is 6.56. The molecule has 0 saturated heterocycles. The van der Waals surface area contributed by atoms with E-state index in [1.807, 2.05) is 38.9 Å². The Kier molecular flexibility index (Phi) is 5.54. The highest BCUT2D eigenvalue weighted by molar-refractivity contribution is 7.22. The van der Waals surface area contributed by atoms with Crippen molar-refractivity contribution < 1.29 is 9.72 Å². The maximum atomic E-state index is 13.1. The van der Waals surface area contributed by atoms with Crippen molar-refractivity contribution in [3.63, 3.8) is 0 Å². The van der Waals surface area contributed by atoms with E-state index in [9.17, 15) is 14.9 Å². The zero-order valence-electron chi connectivity index (χ0n) is 15.6. The summed E-state index contributed by atoms with van der Waals surface area (Å²) >= 11 is 2.35. The van der Waals surface area contributed by atoms with Crippen LogP contribution < -0.4 is 4.90 Å². The summed E-state index contributed by atoms with van der Waals surface area (Å²) in [5, 5.41) is 11.5. The number of fused-ring (bicyclic) bond motifs is 1. The normalized spacial score (nSPS) is 11.3. The lowest BCUT2D eigenvalue weighted by Crippen LogP contribution is -2.36. The first-order valence-electron chi connectivity index (χ1n) is 8.35. The number of rotatable bonds is 6. The molecule has 0 unspecified atom stereocenters. The highest BCUT2D eigenvalue weighted by Gasteiger charge is 2.24. The van der Waals surface area contributed by atoms with Gasteiger partial charge in [0.1, 0.15) is 0 Å². The SMILES string of the molecule is Cc1cc2nc(N(CCN(C)C)C(=O)c3ccc([N+](=O)[O-])s3)sc2cc1C. The molecule has 0 radical (unpaired) electrons. The van der Waals surface area contributed by atoms with Gasteiger partial charge in [0.2, 0.25) is 0 Å². The van der Waals surface area contributed by atoms with Crippen molar-refractivity contribution in [1.82, 2.24) is 9.88 Å². The van der Waals surface area contributed by atoms with Gasteiger partial charge >= 0.3 is 5.00 Å². The second kappa shape index (κ2) is 7.71. The lowest BCUT2D eigenvalue weighted by molar-refractivity contribution is -0.380. The van der Waals surface area contributed by atoms with Gasteiger partial charge in [-0.3, -0.25) is 19.8 Å². The smallest absolute Gasteiger partial charge is 0.308 e. The van der Waals surface area contributed by atoms with Crippen LogP contribution in [0, 0.1) is 24.0 Å². The average molecular weight is 405 g/mol. The summed E-state index contributed by atoms with van der Waals surface area (Å²) in [6, 6.07) is 6.98. The van der Waals surface area contributed by atoms with Gasteiger partial charge in [0.25, 0.3) is 5.91 Å². The summed E-state index contributed by atoms with van der Waals surface area (Å²) in [6.45, 7) is 5.20. The Morgan fingerprint density at radius 3 is 2.48 bits per heavy atom. The fourth-order valence-corrected chi connectivity index (χ4v) is 4.38. The molecule has 27 heavy (non-hydrogen) atoms. The summed E-state index contributed by atoms with van der Waals surface area (Å²) in [5.74, 6) is -0.262. The molecule has 1 amide bonds. The van der Waals surface area contributed by atoms with Crippen LogP contribution in [0.3, 0.4) is 0 Å². The van der Waals surface area contributed by atoms with Gasteiger partial charge in [-0.15, -0.1) is 0 Å². The summed E-state index contributed by atoms with van der Waals surface area (Å²) in [5.41, 5.74) is 3.19. The van der Waals surface area contributed by atoms with E-state index in [-0.39, 0.29) is 10.9 Å². The predicted molar refractivity (Wildman–Crippen MR) is 110 cm³/mol. The summed E-state index contributed by atoms with van der Waals surface area (Å²) in [4.78, 5) is 32.1. The molecule has 142 valence electrons. The fourth-order valence-electron chi connectivity index (χ4n) is 2.54. The summed E-state index contributed by atoms with van der Waals surface area (Å²) < 4.78 is 1.02. The molecule has 7 nitrogen and oxygen atoms in total. The number of carbonyl (C=O) groups excluding carboxylic acids is 1. The Morgan fingerprint density at radius 1 is 1.15 bits per heavy atom. The fraction of sp³-hybridized carbons (Fsp3) is 0.333. The van der Waals surface area contributed by atoms with Crippen molar-refractivity contribution in [2.75, 3.05) is 32.1 Å². The minimum Gasteiger partial charge on any atom is -0.308 e. The monoisotopic (exact) mass is 404 g/mol. The number of likely N-dealkylation sites (N-methyl/N-ethyl adjacent to an activating group) is 1. The number of thiazole rings is 1. The molecule has 1 aromatic carbocycles. The molecular formula is C18H20N4O3S2. The molecule has 0 aliphatic carbocycles. The first kappa shape index (κ1) is 19.4. The number of aryl methyl sites for hydroxylation is 2. The molecule has 0 saturated carbocycles. The number of carbonyl (C=O) groups is 1.